The number of amides is 2. The second-order valence-electron chi connectivity index (χ2n) is 5.26. The summed E-state index contributed by atoms with van der Waals surface area (Å²) in [7, 11) is 1.55. The lowest BCUT2D eigenvalue weighted by Crippen LogP contribution is -2.43. The third-order valence-electron chi connectivity index (χ3n) is 3.63. The molecule has 6 heteroatoms. The zero-order valence-corrected chi connectivity index (χ0v) is 14.3. The molecular formula is C17H26N2O4. The highest BCUT2D eigenvalue weighted by Gasteiger charge is 2.15. The van der Waals surface area contributed by atoms with Gasteiger partial charge in [-0.05, 0) is 25.5 Å². The molecule has 1 rings (SSSR count). The van der Waals surface area contributed by atoms with Crippen LogP contribution >= 0.6 is 0 Å². The predicted molar refractivity (Wildman–Crippen MR) is 88.6 cm³/mol. The van der Waals surface area contributed by atoms with Gasteiger partial charge in [0.15, 0.2) is 18.1 Å². The highest BCUT2D eigenvalue weighted by Crippen LogP contribution is 2.25. The molecule has 0 aliphatic carbocycles. The van der Waals surface area contributed by atoms with Gasteiger partial charge in [0.2, 0.25) is 5.91 Å². The van der Waals surface area contributed by atoms with Crippen molar-refractivity contribution in [1.82, 2.24) is 10.2 Å². The van der Waals surface area contributed by atoms with Gasteiger partial charge in [0.1, 0.15) is 0 Å². The minimum Gasteiger partial charge on any atom is -0.493 e. The van der Waals surface area contributed by atoms with Crippen molar-refractivity contribution in [3.8, 4) is 11.5 Å². The summed E-state index contributed by atoms with van der Waals surface area (Å²) in [6, 6.07) is 7.31. The van der Waals surface area contributed by atoms with Crippen molar-refractivity contribution in [2.24, 2.45) is 0 Å². The molecule has 6 nitrogen and oxygen atoms in total. The third kappa shape index (κ3) is 6.18. The van der Waals surface area contributed by atoms with Gasteiger partial charge in [0.25, 0.3) is 5.91 Å². The first kappa shape index (κ1) is 18.8. The van der Waals surface area contributed by atoms with E-state index in [0.29, 0.717) is 24.6 Å². The van der Waals surface area contributed by atoms with Gasteiger partial charge in [0, 0.05) is 26.1 Å². The topological polar surface area (TPSA) is 67.9 Å². The molecule has 0 aliphatic rings. The monoisotopic (exact) mass is 322 g/mol. The van der Waals surface area contributed by atoms with Crippen LogP contribution in [-0.4, -0.2) is 49.6 Å². The Morgan fingerprint density at radius 2 is 1.91 bits per heavy atom. The molecular weight excluding hydrogens is 296 g/mol. The minimum absolute atomic E-state index is 0.0128. The molecule has 0 aliphatic heterocycles. The van der Waals surface area contributed by atoms with Crippen LogP contribution in [0.5, 0.6) is 11.5 Å². The average Bonchev–Trinajstić information content (AvgIpc) is 2.56. The average molecular weight is 322 g/mol. The van der Waals surface area contributed by atoms with E-state index in [2.05, 4.69) is 5.32 Å². The van der Waals surface area contributed by atoms with Gasteiger partial charge in [0.05, 0.1) is 7.11 Å². The number of nitrogens with one attached hydrogen (secondary N) is 1. The fraction of sp³-hybridized carbons (Fsp3) is 0.529. The lowest BCUT2D eigenvalue weighted by Gasteiger charge is -2.27. The molecule has 0 bridgehead atoms. The number of ether oxygens (including phenoxy) is 2. The maximum atomic E-state index is 11.8. The van der Waals surface area contributed by atoms with Crippen molar-refractivity contribution in [3.63, 3.8) is 0 Å². The van der Waals surface area contributed by atoms with Crippen LogP contribution in [0.1, 0.15) is 27.2 Å². The Morgan fingerprint density at radius 3 is 2.48 bits per heavy atom. The summed E-state index contributed by atoms with van der Waals surface area (Å²) in [6.45, 7) is 6.36. The van der Waals surface area contributed by atoms with Crippen LogP contribution in [0.25, 0.3) is 0 Å². The van der Waals surface area contributed by atoms with Gasteiger partial charge < -0.3 is 19.7 Å². The number of para-hydroxylation sites is 2. The molecule has 0 saturated carbocycles. The molecule has 0 radical (unpaired) electrons. The van der Waals surface area contributed by atoms with Crippen LogP contribution in [0.2, 0.25) is 0 Å². The van der Waals surface area contributed by atoms with Crippen LogP contribution in [0.3, 0.4) is 0 Å². The standard InChI is InChI=1S/C17H26N2O4/c1-5-13(2)19(14(3)20)11-10-18-17(21)12-23-16-9-7-6-8-15(16)22-4/h6-9,13H,5,10-12H2,1-4H3,(H,18,21). The van der Waals surface area contributed by atoms with Gasteiger partial charge >= 0.3 is 0 Å². The lowest BCUT2D eigenvalue weighted by molar-refractivity contribution is -0.131. The summed E-state index contributed by atoms with van der Waals surface area (Å²) in [6.07, 6.45) is 0.879. The van der Waals surface area contributed by atoms with E-state index in [4.69, 9.17) is 9.47 Å². The summed E-state index contributed by atoms with van der Waals surface area (Å²) in [5, 5.41) is 2.76. The highest BCUT2D eigenvalue weighted by atomic mass is 16.5. The maximum Gasteiger partial charge on any atom is 0.258 e. The Balaban J connectivity index is 2.38. The first-order chi connectivity index (χ1) is 11.0. The van der Waals surface area contributed by atoms with Gasteiger partial charge in [-0.25, -0.2) is 0 Å². The fourth-order valence-electron chi connectivity index (χ4n) is 2.16. The van der Waals surface area contributed by atoms with Crippen molar-refractivity contribution in [2.45, 2.75) is 33.2 Å². The molecule has 1 aromatic rings. The Labute approximate surface area is 137 Å². The Hall–Kier alpha value is -2.24. The highest BCUT2D eigenvalue weighted by molar-refractivity contribution is 5.77. The molecule has 23 heavy (non-hydrogen) atoms. The molecule has 1 N–H and O–H groups in total. The van der Waals surface area contributed by atoms with Crippen molar-refractivity contribution in [2.75, 3.05) is 26.8 Å². The number of hydrogen-bond acceptors (Lipinski definition) is 4. The van der Waals surface area contributed by atoms with E-state index in [1.807, 2.05) is 26.0 Å². The summed E-state index contributed by atoms with van der Waals surface area (Å²) < 4.78 is 10.6. The number of rotatable bonds is 9. The van der Waals surface area contributed by atoms with Crippen LogP contribution in [-0.2, 0) is 9.59 Å². The molecule has 0 heterocycles. The van der Waals surface area contributed by atoms with Gasteiger partial charge in [-0.15, -0.1) is 0 Å². The first-order valence-electron chi connectivity index (χ1n) is 7.79. The molecule has 0 spiro atoms. The summed E-state index contributed by atoms with van der Waals surface area (Å²) in [4.78, 5) is 25.2. The van der Waals surface area contributed by atoms with Crippen LogP contribution in [0.15, 0.2) is 24.3 Å². The lowest BCUT2D eigenvalue weighted by atomic mass is 10.2. The number of nitrogens with zero attached hydrogens (tertiary/aromatic N) is 1. The van der Waals surface area contributed by atoms with Gasteiger partial charge in [-0.1, -0.05) is 19.1 Å². The zero-order chi connectivity index (χ0) is 17.2. The third-order valence-corrected chi connectivity index (χ3v) is 3.63. The largest absolute Gasteiger partial charge is 0.493 e. The van der Waals surface area contributed by atoms with Gasteiger partial charge in [-0.2, -0.15) is 0 Å². The van der Waals surface area contributed by atoms with Crippen molar-refractivity contribution in [1.29, 1.82) is 0 Å². The molecule has 1 aromatic carbocycles. The molecule has 128 valence electrons. The van der Waals surface area contributed by atoms with Crippen molar-refractivity contribution >= 4 is 11.8 Å². The second-order valence-corrected chi connectivity index (χ2v) is 5.26. The number of benzene rings is 1. The normalized spacial score (nSPS) is 11.5. The molecule has 0 fully saturated rings. The minimum atomic E-state index is -0.233. The van der Waals surface area contributed by atoms with Crippen LogP contribution in [0.4, 0.5) is 0 Å². The molecule has 1 atom stereocenters. The zero-order valence-electron chi connectivity index (χ0n) is 14.3. The first-order valence-corrected chi connectivity index (χ1v) is 7.79. The van der Waals surface area contributed by atoms with Crippen LogP contribution in [0, 0.1) is 0 Å². The maximum absolute atomic E-state index is 11.8. The van der Waals surface area contributed by atoms with E-state index < -0.39 is 0 Å². The molecule has 0 saturated heterocycles. The van der Waals surface area contributed by atoms with Crippen LogP contribution < -0.4 is 14.8 Å². The second kappa shape index (κ2) is 9.71. The smallest absolute Gasteiger partial charge is 0.258 e. The van der Waals surface area contributed by atoms with Gasteiger partial charge in [-0.3, -0.25) is 9.59 Å². The Morgan fingerprint density at radius 1 is 1.26 bits per heavy atom. The molecule has 0 aromatic heterocycles. The van der Waals surface area contributed by atoms with Crippen molar-refractivity contribution < 1.29 is 19.1 Å². The number of carbonyl (C=O) groups excluding carboxylic acids is 2. The Kier molecular flexibility index (Phi) is 7.94. The molecule has 1 unspecified atom stereocenters. The Bertz CT molecular complexity index is 519. The fourth-order valence-corrected chi connectivity index (χ4v) is 2.16. The van der Waals surface area contributed by atoms with E-state index in [-0.39, 0.29) is 24.5 Å². The summed E-state index contributed by atoms with van der Waals surface area (Å²) >= 11 is 0. The van der Waals surface area contributed by atoms with E-state index in [0.717, 1.165) is 6.42 Å². The van der Waals surface area contributed by atoms with E-state index >= 15 is 0 Å². The number of hydrogen-bond donors (Lipinski definition) is 1. The van der Waals surface area contributed by atoms with E-state index in [1.54, 1.807) is 31.1 Å². The number of methoxy groups -OCH3 is 1. The predicted octanol–water partition coefficient (Wildman–Crippen LogP) is 1.84. The summed E-state index contributed by atoms with van der Waals surface area (Å²) in [5.74, 6) is 0.886. The number of carbonyl (C=O) groups is 2. The summed E-state index contributed by atoms with van der Waals surface area (Å²) in [5.41, 5.74) is 0. The SMILES string of the molecule is CCC(C)N(CCNC(=O)COc1ccccc1OC)C(C)=O. The van der Waals surface area contributed by atoms with E-state index in [9.17, 15) is 9.59 Å². The van der Waals surface area contributed by atoms with E-state index in [1.165, 1.54) is 0 Å². The quantitative estimate of drug-likeness (QED) is 0.753. The van der Waals surface area contributed by atoms with Crippen molar-refractivity contribution in [3.05, 3.63) is 24.3 Å². The molecule has 2 amide bonds.